The van der Waals surface area contributed by atoms with Gasteiger partial charge in [-0.1, -0.05) is 0 Å². The molecule has 0 radical (unpaired) electrons. The van der Waals surface area contributed by atoms with Crippen LogP contribution in [-0.2, 0) is 22.4 Å². The minimum absolute atomic E-state index is 0.242. The van der Waals surface area contributed by atoms with E-state index in [-0.39, 0.29) is 5.78 Å². The number of aromatic nitrogens is 2. The molecule has 0 saturated carbocycles. The third-order valence-corrected chi connectivity index (χ3v) is 4.70. The fourth-order valence-electron chi connectivity index (χ4n) is 3.17. The standard InChI is InChI=1S/C19H22N2O3/c1-19(2,18(23)24-3)17(22)13-8-10-14(11-9-13)21-12-20-15-6-4-5-7-16(15)21/h8-12H,4-7H2,1-3H3. The zero-order valence-corrected chi connectivity index (χ0v) is 14.3. The van der Waals surface area contributed by atoms with Crippen molar-refractivity contribution in [3.63, 3.8) is 0 Å². The number of methoxy groups -OCH3 is 1. The van der Waals surface area contributed by atoms with Gasteiger partial charge in [-0.25, -0.2) is 4.98 Å². The Bertz CT molecular complexity index is 772. The van der Waals surface area contributed by atoms with Gasteiger partial charge >= 0.3 is 5.97 Å². The molecule has 1 heterocycles. The fourth-order valence-corrected chi connectivity index (χ4v) is 3.17. The summed E-state index contributed by atoms with van der Waals surface area (Å²) in [7, 11) is 1.29. The summed E-state index contributed by atoms with van der Waals surface area (Å²) >= 11 is 0. The van der Waals surface area contributed by atoms with Gasteiger partial charge in [-0.2, -0.15) is 0 Å². The summed E-state index contributed by atoms with van der Waals surface area (Å²) in [6, 6.07) is 7.32. The van der Waals surface area contributed by atoms with Crippen LogP contribution in [0.3, 0.4) is 0 Å². The van der Waals surface area contributed by atoms with E-state index in [4.69, 9.17) is 4.74 Å². The Labute approximate surface area is 141 Å². The van der Waals surface area contributed by atoms with Gasteiger partial charge in [-0.05, 0) is 63.8 Å². The van der Waals surface area contributed by atoms with Crippen LogP contribution < -0.4 is 0 Å². The second-order valence-electron chi connectivity index (χ2n) is 6.71. The number of benzene rings is 1. The summed E-state index contributed by atoms with van der Waals surface area (Å²) in [5.74, 6) is -0.770. The number of nitrogens with zero attached hydrogens (tertiary/aromatic N) is 2. The van der Waals surface area contributed by atoms with Crippen molar-refractivity contribution < 1.29 is 14.3 Å². The zero-order valence-electron chi connectivity index (χ0n) is 14.3. The highest BCUT2D eigenvalue weighted by atomic mass is 16.5. The summed E-state index contributed by atoms with van der Waals surface area (Å²) < 4.78 is 6.82. The van der Waals surface area contributed by atoms with Gasteiger partial charge < -0.3 is 9.30 Å². The van der Waals surface area contributed by atoms with Gasteiger partial charge in [0, 0.05) is 16.9 Å². The maximum absolute atomic E-state index is 12.6. The third kappa shape index (κ3) is 2.75. The average molecular weight is 326 g/mol. The van der Waals surface area contributed by atoms with Crippen molar-refractivity contribution in [2.45, 2.75) is 39.5 Å². The molecule has 0 aliphatic heterocycles. The Morgan fingerprint density at radius 2 is 1.79 bits per heavy atom. The minimum Gasteiger partial charge on any atom is -0.468 e. The molecule has 126 valence electrons. The van der Waals surface area contributed by atoms with E-state index in [2.05, 4.69) is 9.55 Å². The van der Waals surface area contributed by atoms with E-state index in [0.717, 1.165) is 18.5 Å². The first-order valence-corrected chi connectivity index (χ1v) is 8.24. The highest BCUT2D eigenvalue weighted by Crippen LogP contribution is 2.26. The van der Waals surface area contributed by atoms with Crippen LogP contribution in [0.15, 0.2) is 30.6 Å². The first-order chi connectivity index (χ1) is 11.4. The smallest absolute Gasteiger partial charge is 0.319 e. The molecule has 24 heavy (non-hydrogen) atoms. The van der Waals surface area contributed by atoms with Gasteiger partial charge in [0.05, 0.1) is 19.1 Å². The molecule has 1 aliphatic rings. The van der Waals surface area contributed by atoms with Gasteiger partial charge in [0.1, 0.15) is 5.41 Å². The molecular weight excluding hydrogens is 304 g/mol. The topological polar surface area (TPSA) is 61.2 Å². The molecule has 5 nitrogen and oxygen atoms in total. The summed E-state index contributed by atoms with van der Waals surface area (Å²) in [4.78, 5) is 28.9. The van der Waals surface area contributed by atoms with Crippen LogP contribution in [0.25, 0.3) is 5.69 Å². The molecule has 5 heteroatoms. The lowest BCUT2D eigenvalue weighted by molar-refractivity contribution is -0.147. The molecule has 0 unspecified atom stereocenters. The molecule has 1 aromatic heterocycles. The number of ether oxygens (including phenoxy) is 1. The molecular formula is C19H22N2O3. The predicted molar refractivity (Wildman–Crippen MR) is 90.3 cm³/mol. The largest absolute Gasteiger partial charge is 0.468 e. The number of carbonyl (C=O) groups is 2. The van der Waals surface area contributed by atoms with Crippen molar-refractivity contribution >= 4 is 11.8 Å². The second kappa shape index (κ2) is 6.23. The Morgan fingerprint density at radius 3 is 2.46 bits per heavy atom. The molecule has 0 spiro atoms. The number of ketones is 1. The van der Waals surface area contributed by atoms with E-state index >= 15 is 0 Å². The van der Waals surface area contributed by atoms with Gasteiger partial charge in [-0.15, -0.1) is 0 Å². The minimum atomic E-state index is -1.19. The van der Waals surface area contributed by atoms with Crippen LogP contribution >= 0.6 is 0 Å². The molecule has 3 rings (SSSR count). The Balaban J connectivity index is 1.87. The monoisotopic (exact) mass is 326 g/mol. The van der Waals surface area contributed by atoms with Crippen LogP contribution in [0.5, 0.6) is 0 Å². The quantitative estimate of drug-likeness (QED) is 0.492. The van der Waals surface area contributed by atoms with Crippen molar-refractivity contribution in [3.8, 4) is 5.69 Å². The summed E-state index contributed by atoms with van der Waals surface area (Å²) in [6.45, 7) is 3.17. The van der Waals surface area contributed by atoms with E-state index in [1.165, 1.54) is 31.3 Å². The fraction of sp³-hybridized carbons (Fsp3) is 0.421. The molecule has 0 N–H and O–H groups in total. The van der Waals surface area contributed by atoms with Crippen LogP contribution in [0.1, 0.15) is 48.4 Å². The number of hydrogen-bond acceptors (Lipinski definition) is 4. The lowest BCUT2D eigenvalue weighted by atomic mass is 9.84. The molecule has 1 aliphatic carbocycles. The molecule has 0 bridgehead atoms. The number of imidazole rings is 1. The Kier molecular flexibility index (Phi) is 4.26. The lowest BCUT2D eigenvalue weighted by Gasteiger charge is -2.20. The Morgan fingerprint density at radius 1 is 1.12 bits per heavy atom. The Hall–Kier alpha value is -2.43. The number of aryl methyl sites for hydroxylation is 1. The average Bonchev–Trinajstić information content (AvgIpc) is 3.04. The number of Topliss-reactive ketones (excluding diaryl/α,β-unsaturated/α-hetero) is 1. The van der Waals surface area contributed by atoms with Gasteiger partial charge in [0.15, 0.2) is 5.78 Å². The van der Waals surface area contributed by atoms with Crippen molar-refractivity contribution in [2.75, 3.05) is 7.11 Å². The number of hydrogen-bond donors (Lipinski definition) is 0. The first-order valence-electron chi connectivity index (χ1n) is 8.24. The molecule has 0 fully saturated rings. The van der Waals surface area contributed by atoms with Crippen LogP contribution in [0, 0.1) is 5.41 Å². The summed E-state index contributed by atoms with van der Waals surface area (Å²) in [6.07, 6.45) is 6.30. The number of esters is 1. The van der Waals surface area contributed by atoms with Crippen LogP contribution in [0.2, 0.25) is 0 Å². The SMILES string of the molecule is COC(=O)C(C)(C)C(=O)c1ccc(-n2cnc3c2CCCC3)cc1. The predicted octanol–water partition coefficient (Wildman–Crippen LogP) is 3.13. The number of carbonyl (C=O) groups excluding carboxylic acids is 2. The van der Waals surface area contributed by atoms with E-state index in [1.807, 2.05) is 18.5 Å². The number of rotatable bonds is 4. The normalized spacial score (nSPS) is 14.1. The van der Waals surface area contributed by atoms with E-state index in [9.17, 15) is 9.59 Å². The third-order valence-electron chi connectivity index (χ3n) is 4.70. The summed E-state index contributed by atoms with van der Waals surface area (Å²) in [5, 5.41) is 0. The van der Waals surface area contributed by atoms with Crippen LogP contribution in [0.4, 0.5) is 0 Å². The maximum Gasteiger partial charge on any atom is 0.319 e. The van der Waals surface area contributed by atoms with E-state index in [0.29, 0.717) is 5.56 Å². The zero-order chi connectivity index (χ0) is 17.3. The number of fused-ring (bicyclic) bond motifs is 1. The van der Waals surface area contributed by atoms with Crippen molar-refractivity contribution in [3.05, 3.63) is 47.5 Å². The van der Waals surface area contributed by atoms with Crippen molar-refractivity contribution in [1.82, 2.24) is 9.55 Å². The van der Waals surface area contributed by atoms with E-state index in [1.54, 1.807) is 26.0 Å². The maximum atomic E-state index is 12.6. The molecule has 0 amide bonds. The lowest BCUT2D eigenvalue weighted by Crippen LogP contribution is -2.34. The summed E-state index contributed by atoms with van der Waals surface area (Å²) in [5.41, 5.74) is 2.73. The van der Waals surface area contributed by atoms with Crippen LogP contribution in [-0.4, -0.2) is 28.4 Å². The van der Waals surface area contributed by atoms with Crippen molar-refractivity contribution in [2.24, 2.45) is 5.41 Å². The van der Waals surface area contributed by atoms with Crippen molar-refractivity contribution in [1.29, 1.82) is 0 Å². The second-order valence-corrected chi connectivity index (χ2v) is 6.71. The molecule has 0 atom stereocenters. The molecule has 1 aromatic carbocycles. The van der Waals surface area contributed by atoms with E-state index < -0.39 is 11.4 Å². The van der Waals surface area contributed by atoms with Gasteiger partial charge in [0.2, 0.25) is 0 Å². The van der Waals surface area contributed by atoms with Gasteiger partial charge in [-0.3, -0.25) is 9.59 Å². The molecule has 0 saturated heterocycles. The highest BCUT2D eigenvalue weighted by molar-refractivity contribution is 6.11. The van der Waals surface area contributed by atoms with Gasteiger partial charge in [0.25, 0.3) is 0 Å². The first kappa shape index (κ1) is 16.4. The highest BCUT2D eigenvalue weighted by Gasteiger charge is 2.37. The molecule has 2 aromatic rings.